The zero-order valence-electron chi connectivity index (χ0n) is 10.8. The Morgan fingerprint density at radius 3 is 2.78 bits per heavy atom. The highest BCUT2D eigenvalue weighted by Crippen LogP contribution is 2.19. The molecule has 1 aliphatic heterocycles. The van der Waals surface area contributed by atoms with Gasteiger partial charge in [-0.05, 0) is 23.3 Å². The van der Waals surface area contributed by atoms with Crippen LogP contribution in [0.15, 0.2) is 47.5 Å². The van der Waals surface area contributed by atoms with Crippen LogP contribution in [0.4, 0.5) is 0 Å². The van der Waals surface area contributed by atoms with E-state index >= 15 is 0 Å². The van der Waals surface area contributed by atoms with Crippen LogP contribution in [0.1, 0.15) is 18.9 Å². The minimum Gasteiger partial charge on any atom is -0.355 e. The fraction of sp³-hybridized carbons (Fsp3) is 0.312. The lowest BCUT2D eigenvalue weighted by molar-refractivity contribution is 0.456. The van der Waals surface area contributed by atoms with Crippen LogP contribution in [-0.4, -0.2) is 30.4 Å². The SMILES string of the molecule is CCCN1CCN=C1c1ccc2ccccc2c1. The van der Waals surface area contributed by atoms with Crippen LogP contribution in [0.25, 0.3) is 10.8 Å². The minimum atomic E-state index is 0.933. The average molecular weight is 238 g/mol. The fourth-order valence-corrected chi connectivity index (χ4v) is 2.57. The molecule has 0 atom stereocenters. The molecule has 0 amide bonds. The predicted molar refractivity (Wildman–Crippen MR) is 77.2 cm³/mol. The van der Waals surface area contributed by atoms with Crippen LogP contribution in [0.3, 0.4) is 0 Å². The molecular formula is C16H18N2. The molecule has 0 saturated carbocycles. The molecule has 0 fully saturated rings. The van der Waals surface area contributed by atoms with Crippen molar-refractivity contribution in [3.8, 4) is 0 Å². The van der Waals surface area contributed by atoms with Gasteiger partial charge in [-0.1, -0.05) is 43.3 Å². The molecule has 0 spiro atoms. The molecule has 2 heteroatoms. The van der Waals surface area contributed by atoms with Gasteiger partial charge in [0.05, 0.1) is 6.54 Å². The van der Waals surface area contributed by atoms with Crippen LogP contribution in [0, 0.1) is 0 Å². The van der Waals surface area contributed by atoms with Crippen molar-refractivity contribution in [2.24, 2.45) is 4.99 Å². The molecule has 0 bridgehead atoms. The Morgan fingerprint density at radius 2 is 1.94 bits per heavy atom. The van der Waals surface area contributed by atoms with E-state index in [0.29, 0.717) is 0 Å². The van der Waals surface area contributed by atoms with Gasteiger partial charge < -0.3 is 4.90 Å². The molecule has 2 aromatic carbocycles. The van der Waals surface area contributed by atoms with Gasteiger partial charge in [-0.25, -0.2) is 0 Å². The predicted octanol–water partition coefficient (Wildman–Crippen LogP) is 3.31. The monoisotopic (exact) mass is 238 g/mol. The summed E-state index contributed by atoms with van der Waals surface area (Å²) in [5.41, 5.74) is 1.25. The topological polar surface area (TPSA) is 15.6 Å². The highest BCUT2D eigenvalue weighted by molar-refractivity contribution is 6.02. The second kappa shape index (κ2) is 4.81. The van der Waals surface area contributed by atoms with E-state index in [0.717, 1.165) is 19.6 Å². The molecule has 0 saturated heterocycles. The molecule has 92 valence electrons. The summed E-state index contributed by atoms with van der Waals surface area (Å²) in [5.74, 6) is 1.17. The molecule has 0 radical (unpaired) electrons. The van der Waals surface area contributed by atoms with Gasteiger partial charge in [0, 0.05) is 18.7 Å². The fourth-order valence-electron chi connectivity index (χ4n) is 2.57. The van der Waals surface area contributed by atoms with E-state index in [1.54, 1.807) is 0 Å². The molecule has 0 aromatic heterocycles. The minimum absolute atomic E-state index is 0.933. The molecule has 3 rings (SSSR count). The molecular weight excluding hydrogens is 220 g/mol. The Balaban J connectivity index is 1.99. The zero-order chi connectivity index (χ0) is 12.4. The molecule has 0 N–H and O–H groups in total. The van der Waals surface area contributed by atoms with E-state index < -0.39 is 0 Å². The standard InChI is InChI=1S/C16H18N2/c1-2-10-18-11-9-17-16(18)15-8-7-13-5-3-4-6-14(13)12-15/h3-8,12H,2,9-11H2,1H3. The van der Waals surface area contributed by atoms with Crippen molar-refractivity contribution in [1.29, 1.82) is 0 Å². The van der Waals surface area contributed by atoms with E-state index in [9.17, 15) is 0 Å². The number of fused-ring (bicyclic) bond motifs is 1. The number of rotatable bonds is 3. The summed E-state index contributed by atoms with van der Waals surface area (Å²) >= 11 is 0. The quantitative estimate of drug-likeness (QED) is 0.801. The third-order valence-electron chi connectivity index (χ3n) is 3.43. The van der Waals surface area contributed by atoms with E-state index in [2.05, 4.69) is 59.3 Å². The maximum Gasteiger partial charge on any atom is 0.131 e. The van der Waals surface area contributed by atoms with Crippen LogP contribution in [0.5, 0.6) is 0 Å². The third kappa shape index (κ3) is 1.99. The Morgan fingerprint density at radius 1 is 1.11 bits per heavy atom. The lowest BCUT2D eigenvalue weighted by Crippen LogP contribution is -2.29. The average Bonchev–Trinajstić information content (AvgIpc) is 2.87. The van der Waals surface area contributed by atoms with Gasteiger partial charge in [-0.15, -0.1) is 0 Å². The number of nitrogens with zero attached hydrogens (tertiary/aromatic N) is 2. The van der Waals surface area contributed by atoms with Gasteiger partial charge in [0.1, 0.15) is 5.84 Å². The van der Waals surface area contributed by atoms with Gasteiger partial charge in [-0.3, -0.25) is 4.99 Å². The summed E-state index contributed by atoms with van der Waals surface area (Å²) in [4.78, 5) is 7.05. The summed E-state index contributed by atoms with van der Waals surface area (Å²) in [5, 5.41) is 2.59. The molecule has 2 nitrogen and oxygen atoms in total. The number of amidine groups is 1. The molecule has 18 heavy (non-hydrogen) atoms. The lowest BCUT2D eigenvalue weighted by atomic mass is 10.1. The Labute approximate surface area is 108 Å². The van der Waals surface area contributed by atoms with Crippen molar-refractivity contribution in [2.75, 3.05) is 19.6 Å². The number of hydrogen-bond acceptors (Lipinski definition) is 2. The first-order valence-electron chi connectivity index (χ1n) is 6.67. The van der Waals surface area contributed by atoms with Gasteiger partial charge in [0.25, 0.3) is 0 Å². The zero-order valence-corrected chi connectivity index (χ0v) is 10.8. The summed E-state index contributed by atoms with van der Waals surface area (Å²) in [7, 11) is 0. The lowest BCUT2D eigenvalue weighted by Gasteiger charge is -2.19. The van der Waals surface area contributed by atoms with Gasteiger partial charge in [0.2, 0.25) is 0 Å². The molecule has 1 aliphatic rings. The largest absolute Gasteiger partial charge is 0.355 e. The third-order valence-corrected chi connectivity index (χ3v) is 3.43. The maximum absolute atomic E-state index is 4.66. The van der Waals surface area contributed by atoms with E-state index in [1.807, 2.05) is 0 Å². The van der Waals surface area contributed by atoms with E-state index in [1.165, 1.54) is 28.6 Å². The molecule has 0 aliphatic carbocycles. The number of hydrogen-bond donors (Lipinski definition) is 0. The normalized spacial score (nSPS) is 15.2. The first-order chi connectivity index (χ1) is 8.88. The van der Waals surface area contributed by atoms with Crippen molar-refractivity contribution in [1.82, 2.24) is 4.90 Å². The van der Waals surface area contributed by atoms with E-state index in [-0.39, 0.29) is 0 Å². The maximum atomic E-state index is 4.66. The highest BCUT2D eigenvalue weighted by Gasteiger charge is 2.17. The second-order valence-corrected chi connectivity index (χ2v) is 4.75. The smallest absolute Gasteiger partial charge is 0.131 e. The number of benzene rings is 2. The van der Waals surface area contributed by atoms with Crippen molar-refractivity contribution in [3.05, 3.63) is 48.0 Å². The van der Waals surface area contributed by atoms with Crippen molar-refractivity contribution in [3.63, 3.8) is 0 Å². The molecule has 0 unspecified atom stereocenters. The van der Waals surface area contributed by atoms with Crippen molar-refractivity contribution >= 4 is 16.6 Å². The van der Waals surface area contributed by atoms with Crippen LogP contribution in [-0.2, 0) is 0 Å². The van der Waals surface area contributed by atoms with Gasteiger partial charge >= 0.3 is 0 Å². The molecule has 2 aromatic rings. The van der Waals surface area contributed by atoms with Crippen LogP contribution >= 0.6 is 0 Å². The summed E-state index contributed by atoms with van der Waals surface area (Å²) < 4.78 is 0. The highest BCUT2D eigenvalue weighted by atomic mass is 15.2. The second-order valence-electron chi connectivity index (χ2n) is 4.75. The van der Waals surface area contributed by atoms with Crippen molar-refractivity contribution in [2.45, 2.75) is 13.3 Å². The first-order valence-corrected chi connectivity index (χ1v) is 6.67. The Bertz CT molecular complexity index is 586. The van der Waals surface area contributed by atoms with Gasteiger partial charge in [0.15, 0.2) is 0 Å². The Kier molecular flexibility index (Phi) is 3.01. The molecule has 1 heterocycles. The van der Waals surface area contributed by atoms with Crippen LogP contribution in [0.2, 0.25) is 0 Å². The van der Waals surface area contributed by atoms with Crippen molar-refractivity contribution < 1.29 is 0 Å². The van der Waals surface area contributed by atoms with Crippen LogP contribution < -0.4 is 0 Å². The number of aliphatic imine (C=N–C) groups is 1. The summed E-state index contributed by atoms with van der Waals surface area (Å²) in [6, 6.07) is 15.1. The Hall–Kier alpha value is -1.83. The summed E-state index contributed by atoms with van der Waals surface area (Å²) in [6.07, 6.45) is 1.17. The first kappa shape index (κ1) is 11.3. The summed E-state index contributed by atoms with van der Waals surface area (Å²) in [6.45, 7) is 5.32. The van der Waals surface area contributed by atoms with Gasteiger partial charge in [-0.2, -0.15) is 0 Å². The van der Waals surface area contributed by atoms with E-state index in [4.69, 9.17) is 0 Å².